The number of aliphatic hydroxyl groups excluding tert-OH is 2. The van der Waals surface area contributed by atoms with E-state index in [9.17, 15) is 5.11 Å². The standard InChI is InChI=1S/C15H23NO2/c17-10-8-15(18)14-7-4-9-16(12-14)11-13-5-2-1-3-6-13/h1-3,5-6,14-15,17-18H,4,7-12H2/t14-,15-/m1/s1. The normalized spacial score (nSPS) is 22.9. The van der Waals surface area contributed by atoms with E-state index in [1.165, 1.54) is 5.56 Å². The molecule has 0 bridgehead atoms. The molecule has 2 N–H and O–H groups in total. The Kier molecular flexibility index (Phi) is 5.17. The van der Waals surface area contributed by atoms with Gasteiger partial charge in [0.05, 0.1) is 6.10 Å². The van der Waals surface area contributed by atoms with Gasteiger partial charge in [-0.2, -0.15) is 0 Å². The molecule has 1 heterocycles. The zero-order chi connectivity index (χ0) is 12.8. The van der Waals surface area contributed by atoms with Crippen molar-refractivity contribution in [2.75, 3.05) is 19.7 Å². The summed E-state index contributed by atoms with van der Waals surface area (Å²) in [4.78, 5) is 2.41. The minimum absolute atomic E-state index is 0.0797. The maximum atomic E-state index is 9.97. The van der Waals surface area contributed by atoms with E-state index in [0.29, 0.717) is 12.3 Å². The van der Waals surface area contributed by atoms with Crippen LogP contribution in [0.3, 0.4) is 0 Å². The van der Waals surface area contributed by atoms with E-state index < -0.39 is 0 Å². The third-order valence-electron chi connectivity index (χ3n) is 3.76. The third kappa shape index (κ3) is 3.80. The molecule has 0 aliphatic carbocycles. The summed E-state index contributed by atoms with van der Waals surface area (Å²) in [5, 5.41) is 18.9. The number of benzene rings is 1. The third-order valence-corrected chi connectivity index (χ3v) is 3.76. The molecule has 3 heteroatoms. The molecule has 0 unspecified atom stereocenters. The lowest BCUT2D eigenvalue weighted by Gasteiger charge is -2.35. The highest BCUT2D eigenvalue weighted by molar-refractivity contribution is 5.14. The van der Waals surface area contributed by atoms with Crippen LogP contribution in [-0.4, -0.2) is 40.9 Å². The molecule has 1 aliphatic heterocycles. The van der Waals surface area contributed by atoms with Gasteiger partial charge in [0.1, 0.15) is 0 Å². The van der Waals surface area contributed by atoms with Gasteiger partial charge in [-0.3, -0.25) is 4.90 Å². The molecule has 0 amide bonds. The van der Waals surface area contributed by atoms with Crippen LogP contribution in [-0.2, 0) is 6.54 Å². The SMILES string of the molecule is OCC[C@@H](O)[C@@H]1CCCN(Cc2ccccc2)C1. The predicted molar refractivity (Wildman–Crippen MR) is 72.2 cm³/mol. The molecule has 1 aromatic rings. The summed E-state index contributed by atoms with van der Waals surface area (Å²) in [5.41, 5.74) is 1.33. The molecule has 1 aromatic carbocycles. The average molecular weight is 249 g/mol. The van der Waals surface area contributed by atoms with Crippen molar-refractivity contribution in [2.45, 2.75) is 31.9 Å². The fourth-order valence-corrected chi connectivity index (χ4v) is 2.76. The Morgan fingerprint density at radius 3 is 2.78 bits per heavy atom. The molecular formula is C15H23NO2. The Balaban J connectivity index is 1.87. The molecule has 0 spiro atoms. The Morgan fingerprint density at radius 2 is 2.06 bits per heavy atom. The van der Waals surface area contributed by atoms with Crippen LogP contribution in [0.1, 0.15) is 24.8 Å². The second-order valence-corrected chi connectivity index (χ2v) is 5.20. The average Bonchev–Trinajstić information content (AvgIpc) is 2.40. The summed E-state index contributed by atoms with van der Waals surface area (Å²) in [7, 11) is 0. The van der Waals surface area contributed by atoms with E-state index in [2.05, 4.69) is 29.2 Å². The molecule has 2 atom stereocenters. The van der Waals surface area contributed by atoms with E-state index in [1.807, 2.05) is 6.07 Å². The van der Waals surface area contributed by atoms with E-state index in [0.717, 1.165) is 32.5 Å². The molecular weight excluding hydrogens is 226 g/mol. The number of piperidine rings is 1. The topological polar surface area (TPSA) is 43.7 Å². The molecule has 100 valence electrons. The smallest absolute Gasteiger partial charge is 0.0602 e. The van der Waals surface area contributed by atoms with Crippen LogP contribution in [0.5, 0.6) is 0 Å². The largest absolute Gasteiger partial charge is 0.396 e. The molecule has 1 aliphatic rings. The maximum Gasteiger partial charge on any atom is 0.0602 e. The molecule has 1 saturated heterocycles. The molecule has 0 radical (unpaired) electrons. The van der Waals surface area contributed by atoms with Gasteiger partial charge in [-0.15, -0.1) is 0 Å². The number of likely N-dealkylation sites (tertiary alicyclic amines) is 1. The van der Waals surface area contributed by atoms with Crippen molar-refractivity contribution in [1.82, 2.24) is 4.90 Å². The summed E-state index contributed by atoms with van der Waals surface area (Å²) in [6.07, 6.45) is 2.37. The molecule has 18 heavy (non-hydrogen) atoms. The molecule has 2 rings (SSSR count). The van der Waals surface area contributed by atoms with Crippen LogP contribution in [0.2, 0.25) is 0 Å². The van der Waals surface area contributed by atoms with Gasteiger partial charge in [0.2, 0.25) is 0 Å². The lowest BCUT2D eigenvalue weighted by atomic mass is 9.91. The van der Waals surface area contributed by atoms with Crippen molar-refractivity contribution in [3.8, 4) is 0 Å². The quantitative estimate of drug-likeness (QED) is 0.834. The highest BCUT2D eigenvalue weighted by Gasteiger charge is 2.25. The lowest BCUT2D eigenvalue weighted by Crippen LogP contribution is -2.40. The first kappa shape index (κ1) is 13.5. The molecule has 0 aromatic heterocycles. The Bertz CT molecular complexity index is 342. The van der Waals surface area contributed by atoms with Crippen LogP contribution < -0.4 is 0 Å². The van der Waals surface area contributed by atoms with Gasteiger partial charge in [0.15, 0.2) is 0 Å². The summed E-state index contributed by atoms with van der Waals surface area (Å²) in [6, 6.07) is 10.5. The second kappa shape index (κ2) is 6.88. The second-order valence-electron chi connectivity index (χ2n) is 5.20. The van der Waals surface area contributed by atoms with Crippen molar-refractivity contribution in [2.24, 2.45) is 5.92 Å². The van der Waals surface area contributed by atoms with Gasteiger partial charge < -0.3 is 10.2 Å². The number of hydrogen-bond acceptors (Lipinski definition) is 3. The van der Waals surface area contributed by atoms with Crippen LogP contribution >= 0.6 is 0 Å². The van der Waals surface area contributed by atoms with E-state index >= 15 is 0 Å². The van der Waals surface area contributed by atoms with Crippen molar-refractivity contribution >= 4 is 0 Å². The Hall–Kier alpha value is -0.900. The fourth-order valence-electron chi connectivity index (χ4n) is 2.76. The van der Waals surface area contributed by atoms with Crippen molar-refractivity contribution in [3.63, 3.8) is 0 Å². The van der Waals surface area contributed by atoms with Crippen LogP contribution in [0, 0.1) is 5.92 Å². The van der Waals surface area contributed by atoms with Gasteiger partial charge in [-0.05, 0) is 37.3 Å². The monoisotopic (exact) mass is 249 g/mol. The number of hydrogen-bond donors (Lipinski definition) is 2. The minimum Gasteiger partial charge on any atom is -0.396 e. The zero-order valence-corrected chi connectivity index (χ0v) is 10.8. The highest BCUT2D eigenvalue weighted by Crippen LogP contribution is 2.22. The zero-order valence-electron chi connectivity index (χ0n) is 10.8. The van der Waals surface area contributed by atoms with Crippen molar-refractivity contribution in [3.05, 3.63) is 35.9 Å². The number of nitrogens with zero attached hydrogens (tertiary/aromatic N) is 1. The maximum absolute atomic E-state index is 9.97. The predicted octanol–water partition coefficient (Wildman–Crippen LogP) is 1.64. The van der Waals surface area contributed by atoms with Crippen LogP contribution in [0.15, 0.2) is 30.3 Å². The summed E-state index contributed by atoms with van der Waals surface area (Å²) < 4.78 is 0. The summed E-state index contributed by atoms with van der Waals surface area (Å²) in [5.74, 6) is 0.314. The Labute approximate surface area is 109 Å². The minimum atomic E-state index is -0.353. The van der Waals surface area contributed by atoms with Crippen molar-refractivity contribution in [1.29, 1.82) is 0 Å². The van der Waals surface area contributed by atoms with Gasteiger partial charge in [-0.1, -0.05) is 30.3 Å². The molecule has 1 fully saturated rings. The van der Waals surface area contributed by atoms with Crippen LogP contribution in [0.25, 0.3) is 0 Å². The van der Waals surface area contributed by atoms with Gasteiger partial charge in [0.25, 0.3) is 0 Å². The molecule has 0 saturated carbocycles. The van der Waals surface area contributed by atoms with Gasteiger partial charge >= 0.3 is 0 Å². The summed E-state index contributed by atoms with van der Waals surface area (Å²) >= 11 is 0. The summed E-state index contributed by atoms with van der Waals surface area (Å²) in [6.45, 7) is 3.09. The first-order valence-electron chi connectivity index (χ1n) is 6.85. The number of rotatable bonds is 5. The van der Waals surface area contributed by atoms with E-state index in [-0.39, 0.29) is 12.7 Å². The van der Waals surface area contributed by atoms with E-state index in [4.69, 9.17) is 5.11 Å². The van der Waals surface area contributed by atoms with Crippen molar-refractivity contribution < 1.29 is 10.2 Å². The van der Waals surface area contributed by atoms with Crippen LogP contribution in [0.4, 0.5) is 0 Å². The van der Waals surface area contributed by atoms with E-state index in [1.54, 1.807) is 0 Å². The Morgan fingerprint density at radius 1 is 1.28 bits per heavy atom. The van der Waals surface area contributed by atoms with Gasteiger partial charge in [0, 0.05) is 19.7 Å². The van der Waals surface area contributed by atoms with Gasteiger partial charge in [-0.25, -0.2) is 0 Å². The first-order valence-corrected chi connectivity index (χ1v) is 6.85. The first-order chi connectivity index (χ1) is 8.79. The number of aliphatic hydroxyl groups is 2. The highest BCUT2D eigenvalue weighted by atomic mass is 16.3. The molecule has 3 nitrogen and oxygen atoms in total. The lowest BCUT2D eigenvalue weighted by molar-refractivity contribution is 0.0324. The fraction of sp³-hybridized carbons (Fsp3) is 0.600.